The Morgan fingerprint density at radius 2 is 1.94 bits per heavy atom. The minimum atomic E-state index is -0.148. The third kappa shape index (κ3) is 5.98. The molecule has 7 nitrogen and oxygen atoms in total. The number of amides is 1. The van der Waals surface area contributed by atoms with Crippen molar-refractivity contribution in [1.82, 2.24) is 19.7 Å². The van der Waals surface area contributed by atoms with Crippen molar-refractivity contribution in [3.05, 3.63) is 83.0 Å². The van der Waals surface area contributed by atoms with E-state index in [1.165, 1.54) is 28.7 Å². The van der Waals surface area contributed by atoms with Gasteiger partial charge in [-0.2, -0.15) is 0 Å². The molecule has 1 amide bonds. The van der Waals surface area contributed by atoms with Gasteiger partial charge in [0.05, 0.1) is 11.4 Å². The number of benzene rings is 2. The standard InChI is InChI=1S/C26H27N5O2S2/c1-5-14-31-22(15-33-21-13-9-10-17(2)18(21)3)29-30-26(31)34-16-23(32)27-25-28-24(19(4)35-25)20-11-7-6-8-12-20/h5-13H,1,14-16H2,2-4H3,(H,27,28,32). The van der Waals surface area contributed by atoms with Gasteiger partial charge in [0.2, 0.25) is 5.91 Å². The smallest absolute Gasteiger partial charge is 0.236 e. The number of hydrogen-bond donors (Lipinski definition) is 1. The molecule has 0 radical (unpaired) electrons. The van der Waals surface area contributed by atoms with E-state index in [2.05, 4.69) is 40.1 Å². The van der Waals surface area contributed by atoms with Crippen molar-refractivity contribution in [1.29, 1.82) is 0 Å². The highest BCUT2D eigenvalue weighted by molar-refractivity contribution is 7.99. The molecule has 1 N–H and O–H groups in total. The molecule has 0 saturated heterocycles. The lowest BCUT2D eigenvalue weighted by atomic mass is 10.1. The summed E-state index contributed by atoms with van der Waals surface area (Å²) in [5.41, 5.74) is 4.19. The van der Waals surface area contributed by atoms with Crippen molar-refractivity contribution in [3.63, 3.8) is 0 Å². The first-order valence-electron chi connectivity index (χ1n) is 11.1. The summed E-state index contributed by atoms with van der Waals surface area (Å²) < 4.78 is 7.92. The normalized spacial score (nSPS) is 10.8. The maximum Gasteiger partial charge on any atom is 0.236 e. The molecule has 0 aliphatic rings. The summed E-state index contributed by atoms with van der Waals surface area (Å²) in [6.07, 6.45) is 1.78. The molecule has 4 rings (SSSR count). The first-order chi connectivity index (χ1) is 17.0. The number of nitrogens with zero attached hydrogens (tertiary/aromatic N) is 4. The van der Waals surface area contributed by atoms with E-state index in [-0.39, 0.29) is 18.3 Å². The van der Waals surface area contributed by atoms with Gasteiger partial charge in [0, 0.05) is 17.0 Å². The number of thiazole rings is 1. The van der Waals surface area contributed by atoms with Gasteiger partial charge in [0.25, 0.3) is 0 Å². The van der Waals surface area contributed by atoms with E-state index in [0.29, 0.717) is 22.7 Å². The molecule has 0 bridgehead atoms. The minimum absolute atomic E-state index is 0.148. The van der Waals surface area contributed by atoms with Gasteiger partial charge in [-0.1, -0.05) is 60.3 Å². The zero-order valence-electron chi connectivity index (χ0n) is 19.9. The molecule has 0 aliphatic heterocycles. The van der Waals surface area contributed by atoms with Crippen LogP contribution in [0.4, 0.5) is 5.13 Å². The summed E-state index contributed by atoms with van der Waals surface area (Å²) >= 11 is 2.79. The molecular formula is C26H27N5O2S2. The number of anilines is 1. The van der Waals surface area contributed by atoms with Crippen LogP contribution in [0, 0.1) is 20.8 Å². The fraction of sp³-hybridized carbons (Fsp3) is 0.231. The van der Waals surface area contributed by atoms with Gasteiger partial charge in [-0.15, -0.1) is 28.1 Å². The maximum atomic E-state index is 12.6. The molecule has 0 saturated carbocycles. The molecule has 0 fully saturated rings. The Morgan fingerprint density at radius 3 is 2.71 bits per heavy atom. The quantitative estimate of drug-likeness (QED) is 0.216. The molecule has 2 heterocycles. The predicted molar refractivity (Wildman–Crippen MR) is 142 cm³/mol. The Hall–Kier alpha value is -3.43. The first kappa shape index (κ1) is 24.7. The number of allylic oxidation sites excluding steroid dienone is 1. The first-order valence-corrected chi connectivity index (χ1v) is 12.9. The summed E-state index contributed by atoms with van der Waals surface area (Å²) in [6, 6.07) is 15.9. The number of carbonyl (C=O) groups is 1. The van der Waals surface area contributed by atoms with Gasteiger partial charge < -0.3 is 10.1 Å². The highest BCUT2D eigenvalue weighted by Crippen LogP contribution is 2.30. The molecule has 9 heteroatoms. The van der Waals surface area contributed by atoms with Gasteiger partial charge in [0.1, 0.15) is 12.4 Å². The van der Waals surface area contributed by atoms with E-state index in [0.717, 1.165) is 27.4 Å². The molecule has 0 spiro atoms. The van der Waals surface area contributed by atoms with Crippen molar-refractivity contribution in [2.24, 2.45) is 0 Å². The van der Waals surface area contributed by atoms with Gasteiger partial charge in [0.15, 0.2) is 16.1 Å². The number of aromatic nitrogens is 4. The van der Waals surface area contributed by atoms with Crippen LogP contribution in [0.15, 0.2) is 66.3 Å². The molecule has 4 aromatic rings. The average molecular weight is 506 g/mol. The van der Waals surface area contributed by atoms with E-state index >= 15 is 0 Å². The van der Waals surface area contributed by atoms with Crippen LogP contribution in [0.2, 0.25) is 0 Å². The van der Waals surface area contributed by atoms with E-state index < -0.39 is 0 Å². The lowest BCUT2D eigenvalue weighted by Crippen LogP contribution is -2.15. The van der Waals surface area contributed by atoms with Crippen LogP contribution >= 0.6 is 23.1 Å². The minimum Gasteiger partial charge on any atom is -0.485 e. The molecule has 180 valence electrons. The third-order valence-corrected chi connectivity index (χ3v) is 7.29. The second-order valence-corrected chi connectivity index (χ2v) is 10.1. The highest BCUT2D eigenvalue weighted by atomic mass is 32.2. The van der Waals surface area contributed by atoms with Gasteiger partial charge in [-0.05, 0) is 38.0 Å². The van der Waals surface area contributed by atoms with Crippen LogP contribution in [-0.4, -0.2) is 31.4 Å². The molecular weight excluding hydrogens is 478 g/mol. The zero-order chi connectivity index (χ0) is 24.8. The summed E-state index contributed by atoms with van der Waals surface area (Å²) in [5, 5.41) is 12.7. The summed E-state index contributed by atoms with van der Waals surface area (Å²) in [7, 11) is 0. The molecule has 2 aromatic carbocycles. The van der Waals surface area contributed by atoms with Gasteiger partial charge >= 0.3 is 0 Å². The van der Waals surface area contributed by atoms with Crippen LogP contribution in [0.1, 0.15) is 21.8 Å². The number of hydrogen-bond acceptors (Lipinski definition) is 7. The number of thioether (sulfide) groups is 1. The summed E-state index contributed by atoms with van der Waals surface area (Å²) in [6.45, 7) is 10.7. The van der Waals surface area contributed by atoms with E-state index in [1.54, 1.807) is 6.08 Å². The Morgan fingerprint density at radius 1 is 1.14 bits per heavy atom. The van der Waals surface area contributed by atoms with Crippen LogP contribution in [-0.2, 0) is 17.9 Å². The fourth-order valence-electron chi connectivity index (χ4n) is 3.47. The van der Waals surface area contributed by atoms with E-state index in [9.17, 15) is 4.79 Å². The molecule has 35 heavy (non-hydrogen) atoms. The molecule has 0 aliphatic carbocycles. The lowest BCUT2D eigenvalue weighted by Gasteiger charge is -2.12. The van der Waals surface area contributed by atoms with Crippen molar-refractivity contribution in [2.45, 2.75) is 39.1 Å². The Balaban J connectivity index is 1.38. The van der Waals surface area contributed by atoms with Crippen molar-refractivity contribution >= 4 is 34.1 Å². The van der Waals surface area contributed by atoms with Crippen LogP contribution in [0.25, 0.3) is 11.3 Å². The van der Waals surface area contributed by atoms with Gasteiger partial charge in [-0.3, -0.25) is 9.36 Å². The SMILES string of the molecule is C=CCn1c(COc2cccc(C)c2C)nnc1SCC(=O)Nc1nc(-c2ccccc2)c(C)s1. The van der Waals surface area contributed by atoms with Crippen LogP contribution in [0.3, 0.4) is 0 Å². The Kier molecular flexibility index (Phi) is 7.99. The fourth-order valence-corrected chi connectivity index (χ4v) is 5.09. The van der Waals surface area contributed by atoms with Gasteiger partial charge in [-0.25, -0.2) is 4.98 Å². The van der Waals surface area contributed by atoms with Crippen molar-refractivity contribution in [2.75, 3.05) is 11.1 Å². The maximum absolute atomic E-state index is 12.6. The topological polar surface area (TPSA) is 81.9 Å². The predicted octanol–water partition coefficient (Wildman–Crippen LogP) is 5.82. The summed E-state index contributed by atoms with van der Waals surface area (Å²) in [4.78, 5) is 18.3. The van der Waals surface area contributed by atoms with Crippen LogP contribution < -0.4 is 10.1 Å². The zero-order valence-corrected chi connectivity index (χ0v) is 21.6. The van der Waals surface area contributed by atoms with Crippen molar-refractivity contribution in [3.8, 4) is 17.0 Å². The average Bonchev–Trinajstić information content (AvgIpc) is 3.42. The molecule has 2 aromatic heterocycles. The van der Waals surface area contributed by atoms with E-state index in [1.807, 2.05) is 60.9 Å². The van der Waals surface area contributed by atoms with E-state index in [4.69, 9.17) is 4.74 Å². The number of aryl methyl sites for hydroxylation is 2. The molecule has 0 unspecified atom stereocenters. The third-order valence-electron chi connectivity index (χ3n) is 5.44. The Bertz CT molecular complexity index is 1330. The number of carbonyl (C=O) groups excluding carboxylic acids is 1. The van der Waals surface area contributed by atoms with Crippen LogP contribution in [0.5, 0.6) is 5.75 Å². The highest BCUT2D eigenvalue weighted by Gasteiger charge is 2.16. The van der Waals surface area contributed by atoms with Crippen molar-refractivity contribution < 1.29 is 9.53 Å². The number of nitrogens with one attached hydrogen (secondary N) is 1. The number of rotatable bonds is 10. The number of ether oxygens (including phenoxy) is 1. The second kappa shape index (κ2) is 11.3. The summed E-state index contributed by atoms with van der Waals surface area (Å²) in [5.74, 6) is 1.54. The Labute approximate surface area is 213 Å². The monoisotopic (exact) mass is 505 g/mol. The largest absolute Gasteiger partial charge is 0.485 e. The molecule has 0 atom stereocenters. The lowest BCUT2D eigenvalue weighted by molar-refractivity contribution is -0.113. The second-order valence-electron chi connectivity index (χ2n) is 7.91.